The Balaban J connectivity index is 2.56. The summed E-state index contributed by atoms with van der Waals surface area (Å²) in [7, 11) is 0. The van der Waals surface area contributed by atoms with Gasteiger partial charge in [0.1, 0.15) is 0 Å². The van der Waals surface area contributed by atoms with E-state index in [9.17, 15) is 8.76 Å². The van der Waals surface area contributed by atoms with Crippen molar-refractivity contribution in [3.8, 4) is 0 Å². The van der Waals surface area contributed by atoms with E-state index in [1.54, 1.807) is 6.07 Å². The molecule has 1 atom stereocenters. The highest BCUT2D eigenvalue weighted by Gasteiger charge is 2.13. The molecule has 1 aromatic rings. The minimum Gasteiger partial charge on any atom is -0.768 e. The molecule has 0 radical (unpaired) electrons. The fourth-order valence-corrected chi connectivity index (χ4v) is 2.36. The lowest BCUT2D eigenvalue weighted by molar-refractivity contribution is 0.536. The molecule has 0 heterocycles. The summed E-state index contributed by atoms with van der Waals surface area (Å²) in [6.45, 7) is 0. The van der Waals surface area contributed by atoms with Gasteiger partial charge in [0, 0.05) is 4.90 Å². The number of aryl methyl sites for hydroxylation is 1. The minimum absolute atomic E-state index is 0.491. The molecule has 0 fully saturated rings. The van der Waals surface area contributed by atoms with Crippen LogP contribution in [0.3, 0.4) is 0 Å². The maximum absolute atomic E-state index is 10.8. The molecule has 1 aliphatic rings. The lowest BCUT2D eigenvalue weighted by atomic mass is 10.1. The van der Waals surface area contributed by atoms with Gasteiger partial charge in [-0.15, -0.1) is 0 Å². The van der Waals surface area contributed by atoms with E-state index in [0.29, 0.717) is 4.90 Å². The molecule has 0 saturated carbocycles. The molecule has 0 spiro atoms. The fourth-order valence-electron chi connectivity index (χ4n) is 1.74. The third kappa shape index (κ3) is 1.19. The summed E-state index contributed by atoms with van der Waals surface area (Å²) >= 11 is -2.06. The van der Waals surface area contributed by atoms with Crippen molar-refractivity contribution >= 4 is 11.1 Å². The van der Waals surface area contributed by atoms with Crippen molar-refractivity contribution in [2.45, 2.75) is 24.2 Å². The second kappa shape index (κ2) is 2.99. The summed E-state index contributed by atoms with van der Waals surface area (Å²) in [6.07, 6.45) is 3.03. The molecule has 2 nitrogen and oxygen atoms in total. The molecule has 0 aromatic heterocycles. The van der Waals surface area contributed by atoms with Crippen LogP contribution in [0.15, 0.2) is 23.1 Å². The smallest absolute Gasteiger partial charge is 0.0283 e. The van der Waals surface area contributed by atoms with Crippen LogP contribution in [0.1, 0.15) is 17.5 Å². The second-order valence-corrected chi connectivity index (χ2v) is 3.89. The lowest BCUT2D eigenvalue weighted by Crippen LogP contribution is -1.95. The SMILES string of the molecule is O=S([O-])c1cccc2c1CCC2. The molecule has 1 aromatic carbocycles. The molecule has 2 rings (SSSR count). The van der Waals surface area contributed by atoms with Crippen LogP contribution in [0, 0.1) is 0 Å². The first-order valence-corrected chi connectivity index (χ1v) is 5.06. The average molecular weight is 181 g/mol. The molecule has 1 unspecified atom stereocenters. The van der Waals surface area contributed by atoms with Gasteiger partial charge in [-0.2, -0.15) is 0 Å². The Morgan fingerprint density at radius 2 is 2.17 bits per heavy atom. The first-order valence-electron chi connectivity index (χ1n) is 3.99. The van der Waals surface area contributed by atoms with Crippen LogP contribution in [0.5, 0.6) is 0 Å². The highest BCUT2D eigenvalue weighted by Crippen LogP contribution is 2.26. The maximum atomic E-state index is 10.8. The standard InChI is InChI=1S/C9H10O2S/c10-12(11)9-6-2-4-7-3-1-5-8(7)9/h2,4,6H,1,3,5H2,(H,10,11)/p-1. The second-order valence-electron chi connectivity index (χ2n) is 2.98. The number of benzene rings is 1. The zero-order valence-corrected chi connectivity index (χ0v) is 7.39. The predicted molar refractivity (Wildman–Crippen MR) is 45.7 cm³/mol. The van der Waals surface area contributed by atoms with Gasteiger partial charge in [0.15, 0.2) is 0 Å². The van der Waals surface area contributed by atoms with Crippen LogP contribution in [0.25, 0.3) is 0 Å². The first kappa shape index (κ1) is 7.95. The molecule has 3 heteroatoms. The van der Waals surface area contributed by atoms with E-state index in [2.05, 4.69) is 0 Å². The van der Waals surface area contributed by atoms with E-state index >= 15 is 0 Å². The van der Waals surface area contributed by atoms with Crippen molar-refractivity contribution in [3.63, 3.8) is 0 Å². The Labute approximate surface area is 73.9 Å². The minimum atomic E-state index is -2.06. The third-order valence-electron chi connectivity index (χ3n) is 2.28. The fraction of sp³-hybridized carbons (Fsp3) is 0.333. The Morgan fingerprint density at radius 1 is 1.33 bits per heavy atom. The van der Waals surface area contributed by atoms with Gasteiger partial charge in [0.2, 0.25) is 0 Å². The van der Waals surface area contributed by atoms with Gasteiger partial charge in [-0.25, -0.2) is 0 Å². The Hall–Kier alpha value is -0.670. The van der Waals surface area contributed by atoms with Crippen molar-refractivity contribution in [1.29, 1.82) is 0 Å². The Morgan fingerprint density at radius 3 is 2.92 bits per heavy atom. The molecule has 12 heavy (non-hydrogen) atoms. The van der Waals surface area contributed by atoms with E-state index in [0.717, 1.165) is 24.8 Å². The largest absolute Gasteiger partial charge is 0.768 e. The van der Waals surface area contributed by atoms with Crippen LogP contribution < -0.4 is 0 Å². The summed E-state index contributed by atoms with van der Waals surface area (Å²) in [5.74, 6) is 0. The van der Waals surface area contributed by atoms with E-state index in [4.69, 9.17) is 0 Å². The molecule has 0 N–H and O–H groups in total. The van der Waals surface area contributed by atoms with Crippen molar-refractivity contribution in [1.82, 2.24) is 0 Å². The third-order valence-corrected chi connectivity index (χ3v) is 3.02. The van der Waals surface area contributed by atoms with Crippen LogP contribution in [0.2, 0.25) is 0 Å². The van der Waals surface area contributed by atoms with Crippen molar-refractivity contribution in [2.75, 3.05) is 0 Å². The van der Waals surface area contributed by atoms with Crippen molar-refractivity contribution in [2.24, 2.45) is 0 Å². The zero-order valence-electron chi connectivity index (χ0n) is 6.58. The normalized spacial score (nSPS) is 17.4. The van der Waals surface area contributed by atoms with E-state index in [-0.39, 0.29) is 0 Å². The molecule has 0 amide bonds. The Kier molecular flexibility index (Phi) is 1.98. The summed E-state index contributed by atoms with van der Waals surface area (Å²) < 4.78 is 21.5. The van der Waals surface area contributed by atoms with Crippen LogP contribution in [0.4, 0.5) is 0 Å². The van der Waals surface area contributed by atoms with Gasteiger partial charge in [0.05, 0.1) is 0 Å². The molecule has 0 aliphatic heterocycles. The molecule has 64 valence electrons. The zero-order chi connectivity index (χ0) is 8.55. The topological polar surface area (TPSA) is 40.1 Å². The summed E-state index contributed by atoms with van der Waals surface area (Å²) in [5, 5.41) is 0. The summed E-state index contributed by atoms with van der Waals surface area (Å²) in [4.78, 5) is 0.491. The number of rotatable bonds is 1. The van der Waals surface area contributed by atoms with E-state index < -0.39 is 11.1 Å². The molecule has 0 bridgehead atoms. The van der Waals surface area contributed by atoms with E-state index in [1.807, 2.05) is 12.1 Å². The van der Waals surface area contributed by atoms with Gasteiger partial charge in [-0.1, -0.05) is 12.1 Å². The van der Waals surface area contributed by atoms with Crippen molar-refractivity contribution < 1.29 is 8.76 Å². The van der Waals surface area contributed by atoms with Crippen molar-refractivity contribution in [3.05, 3.63) is 29.3 Å². The lowest BCUT2D eigenvalue weighted by Gasteiger charge is -2.09. The van der Waals surface area contributed by atoms with Crippen LogP contribution >= 0.6 is 0 Å². The van der Waals surface area contributed by atoms with Crippen LogP contribution in [-0.2, 0) is 23.9 Å². The Bertz CT molecular complexity index is 333. The van der Waals surface area contributed by atoms with E-state index in [1.165, 1.54) is 5.56 Å². The number of fused-ring (bicyclic) bond motifs is 1. The van der Waals surface area contributed by atoms with Gasteiger partial charge in [-0.3, -0.25) is 4.21 Å². The highest BCUT2D eigenvalue weighted by atomic mass is 32.2. The number of hydrogen-bond acceptors (Lipinski definition) is 2. The van der Waals surface area contributed by atoms with Gasteiger partial charge >= 0.3 is 0 Å². The summed E-state index contributed by atoms with van der Waals surface area (Å²) in [5.41, 5.74) is 2.24. The predicted octanol–water partition coefficient (Wildman–Crippen LogP) is 1.41. The molecular weight excluding hydrogens is 172 g/mol. The first-order chi connectivity index (χ1) is 5.79. The molecule has 1 aliphatic carbocycles. The van der Waals surface area contributed by atoms with Gasteiger partial charge < -0.3 is 4.55 Å². The molecule has 0 saturated heterocycles. The average Bonchev–Trinajstić information content (AvgIpc) is 2.49. The van der Waals surface area contributed by atoms with Gasteiger partial charge in [-0.05, 0) is 47.5 Å². The molecular formula is C9H9O2S-. The van der Waals surface area contributed by atoms with Crippen LogP contribution in [-0.4, -0.2) is 8.76 Å². The summed E-state index contributed by atoms with van der Waals surface area (Å²) in [6, 6.07) is 5.50. The monoisotopic (exact) mass is 181 g/mol. The highest BCUT2D eigenvalue weighted by molar-refractivity contribution is 7.79. The number of hydrogen-bond donors (Lipinski definition) is 0. The maximum Gasteiger partial charge on any atom is 0.0283 e. The van der Waals surface area contributed by atoms with Gasteiger partial charge in [0.25, 0.3) is 0 Å². The quantitative estimate of drug-likeness (QED) is 0.614.